The van der Waals surface area contributed by atoms with Gasteiger partial charge in [-0.15, -0.1) is 6.58 Å². The molecule has 6 rings (SSSR count). The van der Waals surface area contributed by atoms with Crippen molar-refractivity contribution in [2.45, 2.75) is 44.1 Å². The SMILES string of the molecule is C=CC(COc1ccc(C#CC2(O)CN3CCC2CC3)c(Cc2ccccc2)n1)C1CCC1. The summed E-state index contributed by atoms with van der Waals surface area (Å²) in [5.41, 5.74) is 2.03. The topological polar surface area (TPSA) is 45.6 Å². The predicted octanol–water partition coefficient (Wildman–Crippen LogP) is 4.46. The lowest BCUT2D eigenvalue weighted by atomic mass is 9.75. The van der Waals surface area contributed by atoms with Gasteiger partial charge in [-0.1, -0.05) is 54.7 Å². The molecule has 0 spiro atoms. The van der Waals surface area contributed by atoms with E-state index in [1.165, 1.54) is 24.8 Å². The van der Waals surface area contributed by atoms with Crippen LogP contribution in [0.1, 0.15) is 48.9 Å². The maximum atomic E-state index is 11.2. The fourth-order valence-electron chi connectivity index (χ4n) is 5.40. The molecule has 1 aliphatic carbocycles. The molecule has 0 radical (unpaired) electrons. The molecule has 3 saturated heterocycles. The van der Waals surface area contributed by atoms with Crippen molar-refractivity contribution >= 4 is 0 Å². The summed E-state index contributed by atoms with van der Waals surface area (Å²) in [7, 11) is 0. The van der Waals surface area contributed by atoms with Gasteiger partial charge in [0.25, 0.3) is 0 Å². The summed E-state index contributed by atoms with van der Waals surface area (Å²) in [6.07, 6.45) is 8.61. The molecule has 4 heterocycles. The van der Waals surface area contributed by atoms with Gasteiger partial charge in [-0.2, -0.15) is 0 Å². The second kappa shape index (κ2) is 9.71. The smallest absolute Gasteiger partial charge is 0.213 e. The van der Waals surface area contributed by atoms with E-state index < -0.39 is 5.60 Å². The summed E-state index contributed by atoms with van der Waals surface area (Å²) >= 11 is 0. The third kappa shape index (κ3) is 5.00. The Kier molecular flexibility index (Phi) is 6.53. The van der Waals surface area contributed by atoms with Crippen LogP contribution in [0.15, 0.2) is 55.1 Å². The molecule has 2 atom stereocenters. The van der Waals surface area contributed by atoms with Crippen molar-refractivity contribution < 1.29 is 9.84 Å². The number of hydrogen-bond acceptors (Lipinski definition) is 4. The van der Waals surface area contributed by atoms with Gasteiger partial charge in [0, 0.05) is 36.4 Å². The summed E-state index contributed by atoms with van der Waals surface area (Å²) in [5.74, 6) is 8.54. The number of pyridine rings is 1. The Labute approximate surface area is 197 Å². The van der Waals surface area contributed by atoms with Gasteiger partial charge in [-0.25, -0.2) is 4.98 Å². The first kappa shape index (κ1) is 22.2. The Morgan fingerprint density at radius 3 is 2.58 bits per heavy atom. The van der Waals surface area contributed by atoms with Crippen molar-refractivity contribution in [3.63, 3.8) is 0 Å². The van der Waals surface area contributed by atoms with Crippen molar-refractivity contribution in [2.24, 2.45) is 17.8 Å². The van der Waals surface area contributed by atoms with E-state index in [4.69, 9.17) is 9.72 Å². The maximum Gasteiger partial charge on any atom is 0.213 e. The number of aromatic nitrogens is 1. The Morgan fingerprint density at radius 2 is 1.94 bits per heavy atom. The number of rotatable bonds is 7. The lowest BCUT2D eigenvalue weighted by Gasteiger charge is -2.47. The lowest BCUT2D eigenvalue weighted by Crippen LogP contribution is -2.58. The van der Waals surface area contributed by atoms with E-state index in [1.54, 1.807) is 0 Å². The monoisotopic (exact) mass is 442 g/mol. The molecule has 2 bridgehead atoms. The molecule has 3 aliphatic heterocycles. The van der Waals surface area contributed by atoms with Crippen molar-refractivity contribution in [1.82, 2.24) is 9.88 Å². The molecule has 4 fully saturated rings. The molecule has 33 heavy (non-hydrogen) atoms. The van der Waals surface area contributed by atoms with Gasteiger partial charge >= 0.3 is 0 Å². The van der Waals surface area contributed by atoms with E-state index in [0.717, 1.165) is 37.2 Å². The quantitative estimate of drug-likeness (QED) is 0.508. The molecule has 2 aromatic rings. The first-order chi connectivity index (χ1) is 16.1. The average molecular weight is 443 g/mol. The summed E-state index contributed by atoms with van der Waals surface area (Å²) in [4.78, 5) is 7.19. The van der Waals surface area contributed by atoms with E-state index in [2.05, 4.69) is 35.5 Å². The molecule has 4 nitrogen and oxygen atoms in total. The number of fused-ring (bicyclic) bond motifs is 3. The number of hydrogen-bond donors (Lipinski definition) is 1. The molecule has 1 aromatic carbocycles. The first-order valence-corrected chi connectivity index (χ1v) is 12.4. The molecule has 172 valence electrons. The van der Waals surface area contributed by atoms with Crippen molar-refractivity contribution in [2.75, 3.05) is 26.2 Å². The minimum Gasteiger partial charge on any atom is -0.477 e. The minimum atomic E-state index is -0.921. The Hall–Kier alpha value is -2.61. The van der Waals surface area contributed by atoms with E-state index in [1.807, 2.05) is 36.4 Å². The highest BCUT2D eigenvalue weighted by atomic mass is 16.5. The highest BCUT2D eigenvalue weighted by Gasteiger charge is 2.44. The van der Waals surface area contributed by atoms with Crippen molar-refractivity contribution in [3.8, 4) is 17.7 Å². The van der Waals surface area contributed by atoms with Crippen LogP contribution in [-0.4, -0.2) is 46.8 Å². The second-order valence-electron chi connectivity index (χ2n) is 9.93. The molecular formula is C29H34N2O2. The highest BCUT2D eigenvalue weighted by Crippen LogP contribution is 2.36. The zero-order valence-electron chi connectivity index (χ0n) is 19.4. The summed E-state index contributed by atoms with van der Waals surface area (Å²) < 4.78 is 6.12. The molecule has 4 heteroatoms. The van der Waals surface area contributed by atoms with Crippen LogP contribution in [0.4, 0.5) is 0 Å². The highest BCUT2D eigenvalue weighted by molar-refractivity contribution is 5.44. The molecule has 4 aliphatic rings. The largest absolute Gasteiger partial charge is 0.477 e. The van der Waals surface area contributed by atoms with Crippen LogP contribution in [0.2, 0.25) is 0 Å². The van der Waals surface area contributed by atoms with Gasteiger partial charge in [0.15, 0.2) is 0 Å². The number of piperidine rings is 3. The molecule has 1 N–H and O–H groups in total. The molecular weight excluding hydrogens is 408 g/mol. The van der Waals surface area contributed by atoms with Gasteiger partial charge < -0.3 is 9.84 Å². The summed E-state index contributed by atoms with van der Waals surface area (Å²) in [6, 6.07) is 14.3. The van der Waals surface area contributed by atoms with E-state index in [0.29, 0.717) is 37.3 Å². The van der Waals surface area contributed by atoms with Crippen LogP contribution in [-0.2, 0) is 6.42 Å². The van der Waals surface area contributed by atoms with Crippen LogP contribution < -0.4 is 4.74 Å². The Balaban J connectivity index is 1.38. The third-order valence-corrected chi connectivity index (χ3v) is 7.79. The summed E-state index contributed by atoms with van der Waals surface area (Å²) in [6.45, 7) is 7.43. The van der Waals surface area contributed by atoms with E-state index in [9.17, 15) is 5.11 Å². The molecule has 0 amide bonds. The molecule has 1 aromatic heterocycles. The maximum absolute atomic E-state index is 11.2. The predicted molar refractivity (Wildman–Crippen MR) is 131 cm³/mol. The van der Waals surface area contributed by atoms with Crippen LogP contribution in [0.25, 0.3) is 0 Å². The van der Waals surface area contributed by atoms with Crippen LogP contribution in [0.3, 0.4) is 0 Å². The Morgan fingerprint density at radius 1 is 1.15 bits per heavy atom. The van der Waals surface area contributed by atoms with Crippen LogP contribution in [0, 0.1) is 29.6 Å². The van der Waals surface area contributed by atoms with Crippen molar-refractivity contribution in [1.29, 1.82) is 0 Å². The average Bonchev–Trinajstić information content (AvgIpc) is 2.81. The van der Waals surface area contributed by atoms with Gasteiger partial charge in [0.1, 0.15) is 5.60 Å². The van der Waals surface area contributed by atoms with Gasteiger partial charge in [-0.3, -0.25) is 4.90 Å². The zero-order valence-corrected chi connectivity index (χ0v) is 19.4. The standard InChI is InChI=1S/C29H34N2O2/c1-2-23(24-9-6-10-24)20-33-28-12-11-25(27(30-28)19-22-7-4-3-5-8-22)13-16-29(32)21-31-17-14-26(29)15-18-31/h2-5,7-8,11-12,23-24,26,32H,1,6,9-10,14-15,17-21H2. The van der Waals surface area contributed by atoms with Gasteiger partial charge in [0.05, 0.1) is 12.3 Å². The Bertz CT molecular complexity index is 1030. The second-order valence-corrected chi connectivity index (χ2v) is 9.93. The van der Waals surface area contributed by atoms with Gasteiger partial charge in [-0.05, 0) is 56.3 Å². The van der Waals surface area contributed by atoms with Crippen LogP contribution >= 0.6 is 0 Å². The fourth-order valence-corrected chi connectivity index (χ4v) is 5.40. The third-order valence-electron chi connectivity index (χ3n) is 7.79. The van der Waals surface area contributed by atoms with Gasteiger partial charge in [0.2, 0.25) is 5.88 Å². The normalized spacial score (nSPS) is 27.2. The summed E-state index contributed by atoms with van der Waals surface area (Å²) in [5, 5.41) is 11.2. The van der Waals surface area contributed by atoms with E-state index >= 15 is 0 Å². The number of nitrogens with zero attached hydrogens (tertiary/aromatic N) is 2. The molecule has 2 unspecified atom stereocenters. The lowest BCUT2D eigenvalue weighted by molar-refractivity contribution is -0.0713. The number of benzene rings is 1. The molecule has 1 saturated carbocycles. The van der Waals surface area contributed by atoms with Crippen LogP contribution in [0.5, 0.6) is 5.88 Å². The fraction of sp³-hybridized carbons (Fsp3) is 0.483. The first-order valence-electron chi connectivity index (χ1n) is 12.4. The number of aliphatic hydroxyl groups is 1. The minimum absolute atomic E-state index is 0.269. The zero-order chi connectivity index (χ0) is 22.7. The van der Waals surface area contributed by atoms with Crippen molar-refractivity contribution in [3.05, 3.63) is 71.9 Å². The number of ether oxygens (including phenoxy) is 1. The van der Waals surface area contributed by atoms with E-state index in [-0.39, 0.29) is 5.92 Å².